The highest BCUT2D eigenvalue weighted by atomic mass is 16.1. The van der Waals surface area contributed by atoms with Crippen LogP contribution in [0.2, 0.25) is 0 Å². The zero-order valence-corrected chi connectivity index (χ0v) is 13.1. The third kappa shape index (κ3) is 3.11. The van der Waals surface area contributed by atoms with E-state index in [1.165, 1.54) is 5.56 Å². The molecule has 1 amide bonds. The highest BCUT2D eigenvalue weighted by Crippen LogP contribution is 2.19. The monoisotopic (exact) mass is 309 g/mol. The Morgan fingerprint density at radius 1 is 1.30 bits per heavy atom. The van der Waals surface area contributed by atoms with Crippen LogP contribution < -0.4 is 16.4 Å². The summed E-state index contributed by atoms with van der Waals surface area (Å²) in [6.45, 7) is 2.72. The van der Waals surface area contributed by atoms with Crippen LogP contribution >= 0.6 is 0 Å². The van der Waals surface area contributed by atoms with E-state index in [2.05, 4.69) is 27.5 Å². The Morgan fingerprint density at radius 2 is 2.13 bits per heavy atom. The van der Waals surface area contributed by atoms with Crippen molar-refractivity contribution in [1.29, 1.82) is 0 Å². The van der Waals surface area contributed by atoms with Gasteiger partial charge in [-0.1, -0.05) is 6.07 Å². The van der Waals surface area contributed by atoms with Crippen molar-refractivity contribution in [1.82, 2.24) is 15.3 Å². The molecule has 0 aliphatic carbocycles. The van der Waals surface area contributed by atoms with Crippen molar-refractivity contribution < 1.29 is 4.79 Å². The molecule has 0 fully saturated rings. The molecular formula is C17H19N5O. The van der Waals surface area contributed by atoms with Crippen LogP contribution in [0.25, 0.3) is 11.0 Å². The number of nitrogens with two attached hydrogens (primary N) is 1. The fourth-order valence-electron chi connectivity index (χ4n) is 2.45. The quantitative estimate of drug-likeness (QED) is 0.557. The van der Waals surface area contributed by atoms with Gasteiger partial charge in [0.15, 0.2) is 0 Å². The number of pyridine rings is 1. The average molecular weight is 309 g/mol. The molecule has 118 valence electrons. The van der Waals surface area contributed by atoms with Gasteiger partial charge in [-0.05, 0) is 42.3 Å². The van der Waals surface area contributed by atoms with Crippen molar-refractivity contribution in [3.8, 4) is 0 Å². The first-order valence-electron chi connectivity index (χ1n) is 7.36. The number of amides is 1. The molecule has 0 atom stereocenters. The van der Waals surface area contributed by atoms with Crippen LogP contribution in [0.1, 0.15) is 21.6 Å². The molecule has 0 radical (unpaired) electrons. The number of aryl methyl sites for hydroxylation is 1. The number of hydrogen-bond donors (Lipinski definition) is 4. The van der Waals surface area contributed by atoms with Crippen molar-refractivity contribution in [2.45, 2.75) is 13.5 Å². The Kier molecular flexibility index (Phi) is 3.89. The number of aromatic nitrogens is 2. The first-order chi connectivity index (χ1) is 11.1. The second-order valence-corrected chi connectivity index (χ2v) is 5.46. The third-order valence-electron chi connectivity index (χ3n) is 3.80. The van der Waals surface area contributed by atoms with Gasteiger partial charge in [0.25, 0.3) is 5.91 Å². The minimum absolute atomic E-state index is 0.159. The molecule has 2 heterocycles. The van der Waals surface area contributed by atoms with E-state index in [1.54, 1.807) is 19.3 Å². The molecule has 3 rings (SSSR count). The molecule has 2 aromatic heterocycles. The van der Waals surface area contributed by atoms with Gasteiger partial charge in [0.05, 0.1) is 11.9 Å². The van der Waals surface area contributed by atoms with Crippen molar-refractivity contribution in [3.63, 3.8) is 0 Å². The minimum Gasteiger partial charge on any atom is -0.399 e. The number of nitrogens with zero attached hydrogens (tertiary/aromatic N) is 1. The Labute approximate surface area is 134 Å². The number of aromatic amines is 1. The second kappa shape index (κ2) is 6.00. The van der Waals surface area contributed by atoms with Crippen molar-refractivity contribution in [2.24, 2.45) is 0 Å². The molecule has 23 heavy (non-hydrogen) atoms. The number of nitrogen functional groups attached to an aromatic ring is 1. The van der Waals surface area contributed by atoms with Crippen LogP contribution in [0, 0.1) is 6.92 Å². The smallest absolute Gasteiger partial charge is 0.267 e. The highest BCUT2D eigenvalue weighted by Gasteiger charge is 2.09. The maximum absolute atomic E-state index is 11.7. The zero-order valence-electron chi connectivity index (χ0n) is 13.1. The maximum atomic E-state index is 11.7. The number of hydrogen-bond acceptors (Lipinski definition) is 4. The molecule has 6 nitrogen and oxygen atoms in total. The minimum atomic E-state index is -0.159. The summed E-state index contributed by atoms with van der Waals surface area (Å²) in [6, 6.07) is 9.63. The van der Waals surface area contributed by atoms with Crippen LogP contribution in [-0.2, 0) is 6.54 Å². The number of fused-ring (bicyclic) bond motifs is 1. The fraction of sp³-hybridized carbons (Fsp3) is 0.176. The molecule has 0 saturated heterocycles. The number of H-pyrrole nitrogens is 1. The van der Waals surface area contributed by atoms with Crippen LogP contribution in [0.3, 0.4) is 0 Å². The largest absolute Gasteiger partial charge is 0.399 e. The normalized spacial score (nSPS) is 10.7. The van der Waals surface area contributed by atoms with E-state index in [4.69, 9.17) is 5.73 Å². The van der Waals surface area contributed by atoms with Crippen molar-refractivity contribution >= 4 is 28.3 Å². The maximum Gasteiger partial charge on any atom is 0.267 e. The molecule has 3 aromatic rings. The molecule has 0 aliphatic rings. The van der Waals surface area contributed by atoms with Crippen LogP contribution in [0.15, 0.2) is 36.5 Å². The number of carbonyl (C=O) groups is 1. The van der Waals surface area contributed by atoms with E-state index in [0.29, 0.717) is 17.9 Å². The van der Waals surface area contributed by atoms with Gasteiger partial charge in [0.2, 0.25) is 0 Å². The number of nitrogens with one attached hydrogen (secondary N) is 3. The Morgan fingerprint density at radius 3 is 2.91 bits per heavy atom. The number of anilines is 2. The standard InChI is InChI=1S/C17H19N5O/c1-10-3-4-13(18)5-12(10)8-20-14-6-11-7-15(17(23)19-2)22-16(11)21-9-14/h3-7,9,20H,8,18H2,1-2H3,(H,19,23)(H,21,22). The number of carbonyl (C=O) groups excluding carboxylic acids is 1. The van der Waals surface area contributed by atoms with Gasteiger partial charge in [0, 0.05) is 24.7 Å². The molecule has 1 aromatic carbocycles. The van der Waals surface area contributed by atoms with Gasteiger partial charge in [-0.3, -0.25) is 4.79 Å². The number of benzene rings is 1. The molecule has 6 heteroatoms. The molecule has 0 bridgehead atoms. The highest BCUT2D eigenvalue weighted by molar-refractivity contribution is 5.97. The summed E-state index contributed by atoms with van der Waals surface area (Å²) in [7, 11) is 1.60. The third-order valence-corrected chi connectivity index (χ3v) is 3.80. The zero-order chi connectivity index (χ0) is 16.4. The first-order valence-corrected chi connectivity index (χ1v) is 7.36. The topological polar surface area (TPSA) is 95.8 Å². The van der Waals surface area contributed by atoms with Gasteiger partial charge < -0.3 is 21.4 Å². The average Bonchev–Trinajstić information content (AvgIpc) is 2.98. The summed E-state index contributed by atoms with van der Waals surface area (Å²) < 4.78 is 0. The molecular weight excluding hydrogens is 290 g/mol. The molecule has 0 saturated carbocycles. The lowest BCUT2D eigenvalue weighted by molar-refractivity contribution is 0.0959. The summed E-state index contributed by atoms with van der Waals surface area (Å²) in [6.07, 6.45) is 1.74. The summed E-state index contributed by atoms with van der Waals surface area (Å²) in [5, 5.41) is 6.82. The first kappa shape index (κ1) is 14.9. The van der Waals surface area contributed by atoms with E-state index < -0.39 is 0 Å². The van der Waals surface area contributed by atoms with Crippen molar-refractivity contribution in [2.75, 3.05) is 18.1 Å². The van der Waals surface area contributed by atoms with Crippen LogP contribution in [0.4, 0.5) is 11.4 Å². The van der Waals surface area contributed by atoms with Crippen LogP contribution in [0.5, 0.6) is 0 Å². The van der Waals surface area contributed by atoms with Crippen molar-refractivity contribution in [3.05, 3.63) is 53.3 Å². The van der Waals surface area contributed by atoms with Gasteiger partial charge in [-0.2, -0.15) is 0 Å². The summed E-state index contributed by atoms with van der Waals surface area (Å²) in [5.74, 6) is -0.159. The summed E-state index contributed by atoms with van der Waals surface area (Å²) >= 11 is 0. The molecule has 0 unspecified atom stereocenters. The van der Waals surface area contributed by atoms with Gasteiger partial charge in [0.1, 0.15) is 11.3 Å². The van der Waals surface area contributed by atoms with E-state index in [1.807, 2.05) is 24.3 Å². The number of rotatable bonds is 4. The molecule has 0 spiro atoms. The Hall–Kier alpha value is -3.02. The van der Waals surface area contributed by atoms with E-state index in [-0.39, 0.29) is 5.91 Å². The predicted octanol–water partition coefficient (Wildman–Crippen LogP) is 2.43. The van der Waals surface area contributed by atoms with Gasteiger partial charge >= 0.3 is 0 Å². The lowest BCUT2D eigenvalue weighted by Crippen LogP contribution is -2.17. The van der Waals surface area contributed by atoms with E-state index in [0.717, 1.165) is 22.3 Å². The van der Waals surface area contributed by atoms with E-state index >= 15 is 0 Å². The lowest BCUT2D eigenvalue weighted by atomic mass is 10.1. The van der Waals surface area contributed by atoms with E-state index in [9.17, 15) is 4.79 Å². The summed E-state index contributed by atoms with van der Waals surface area (Å²) in [4.78, 5) is 19.0. The SMILES string of the molecule is CNC(=O)c1cc2cc(NCc3cc(N)ccc3C)cnc2[nH]1. The Balaban J connectivity index is 1.80. The van der Waals surface area contributed by atoms with Gasteiger partial charge in [-0.25, -0.2) is 4.98 Å². The fourth-order valence-corrected chi connectivity index (χ4v) is 2.45. The molecule has 5 N–H and O–H groups in total. The summed E-state index contributed by atoms with van der Waals surface area (Å²) in [5.41, 5.74) is 11.0. The lowest BCUT2D eigenvalue weighted by Gasteiger charge is -2.09. The Bertz CT molecular complexity index is 869. The van der Waals surface area contributed by atoms with Crippen LogP contribution in [-0.4, -0.2) is 22.9 Å². The predicted molar refractivity (Wildman–Crippen MR) is 92.4 cm³/mol. The van der Waals surface area contributed by atoms with Gasteiger partial charge in [-0.15, -0.1) is 0 Å². The second-order valence-electron chi connectivity index (χ2n) is 5.46. The molecule has 0 aliphatic heterocycles.